The maximum absolute atomic E-state index is 11.0. The maximum atomic E-state index is 11.0. The van der Waals surface area contributed by atoms with Crippen LogP contribution >= 0.6 is 11.6 Å². The van der Waals surface area contributed by atoms with Crippen molar-refractivity contribution in [3.05, 3.63) is 0 Å². The Bertz CT molecular complexity index is 279. The van der Waals surface area contributed by atoms with Crippen molar-refractivity contribution in [3.8, 4) is 0 Å². The van der Waals surface area contributed by atoms with Gasteiger partial charge in [0.15, 0.2) is 0 Å². The Labute approximate surface area is 86.6 Å². The molecule has 1 heterocycles. The van der Waals surface area contributed by atoms with E-state index in [2.05, 4.69) is 0 Å². The predicted octanol–water partition coefficient (Wildman–Crippen LogP) is 1.26. The van der Waals surface area contributed by atoms with E-state index >= 15 is 0 Å². The molecular formula is C8H12ClNO4. The molecule has 0 saturated carbocycles. The zero-order valence-corrected chi connectivity index (χ0v) is 8.91. The molecule has 0 aromatic rings. The van der Waals surface area contributed by atoms with Crippen LogP contribution in [0.1, 0.15) is 20.8 Å². The molecule has 1 saturated heterocycles. The summed E-state index contributed by atoms with van der Waals surface area (Å²) in [6.45, 7) is 4.78. The second kappa shape index (κ2) is 3.40. The quantitative estimate of drug-likeness (QED) is 0.677. The minimum absolute atomic E-state index is 0.522. The van der Waals surface area contributed by atoms with Gasteiger partial charge in [0.25, 0.3) is 0 Å². The van der Waals surface area contributed by atoms with E-state index in [1.165, 1.54) is 0 Å². The standard InChI is InChI=1S/C8H12ClNO4/c1-4-5(6(9)11)10(7(12)13)8(2,3)14-4/h4-5H,1-3H3,(H,12,13). The summed E-state index contributed by atoms with van der Waals surface area (Å²) in [4.78, 5) is 22.9. The van der Waals surface area contributed by atoms with Gasteiger partial charge in [-0.3, -0.25) is 9.69 Å². The molecule has 1 aliphatic rings. The van der Waals surface area contributed by atoms with Gasteiger partial charge in [-0.15, -0.1) is 0 Å². The molecule has 1 N–H and O–H groups in total. The van der Waals surface area contributed by atoms with Gasteiger partial charge < -0.3 is 9.84 Å². The van der Waals surface area contributed by atoms with Gasteiger partial charge in [-0.1, -0.05) is 0 Å². The summed E-state index contributed by atoms with van der Waals surface area (Å²) in [6.07, 6.45) is -1.73. The molecular weight excluding hydrogens is 210 g/mol. The summed E-state index contributed by atoms with van der Waals surface area (Å²) in [5.41, 5.74) is -1.01. The number of halogens is 1. The van der Waals surface area contributed by atoms with Gasteiger partial charge in [0, 0.05) is 0 Å². The van der Waals surface area contributed by atoms with Crippen LogP contribution in [0.2, 0.25) is 0 Å². The van der Waals surface area contributed by atoms with Crippen molar-refractivity contribution in [2.45, 2.75) is 38.6 Å². The lowest BCUT2D eigenvalue weighted by Crippen LogP contribution is -2.49. The number of carboxylic acid groups (broad SMARTS) is 1. The van der Waals surface area contributed by atoms with Crippen molar-refractivity contribution in [2.75, 3.05) is 0 Å². The Balaban J connectivity index is 3.05. The summed E-state index contributed by atoms with van der Waals surface area (Å²) in [6, 6.07) is -0.927. The highest BCUT2D eigenvalue weighted by Crippen LogP contribution is 2.32. The van der Waals surface area contributed by atoms with Gasteiger partial charge in [0.2, 0.25) is 5.24 Å². The Kier molecular flexibility index (Phi) is 2.74. The fourth-order valence-electron chi connectivity index (χ4n) is 1.76. The smallest absolute Gasteiger partial charge is 0.410 e. The molecule has 0 radical (unpaired) electrons. The molecule has 0 aliphatic carbocycles. The maximum Gasteiger partial charge on any atom is 0.410 e. The molecule has 0 aromatic heterocycles. The number of nitrogens with zero attached hydrogens (tertiary/aromatic N) is 1. The van der Waals surface area contributed by atoms with Gasteiger partial charge in [-0.2, -0.15) is 0 Å². The van der Waals surface area contributed by atoms with Gasteiger partial charge in [-0.05, 0) is 32.4 Å². The van der Waals surface area contributed by atoms with Crippen molar-refractivity contribution in [3.63, 3.8) is 0 Å². The third-order valence-corrected chi connectivity index (χ3v) is 2.44. The average Bonchev–Trinajstić information content (AvgIpc) is 2.19. The van der Waals surface area contributed by atoms with Crippen LogP contribution < -0.4 is 0 Å². The Morgan fingerprint density at radius 2 is 2.00 bits per heavy atom. The molecule has 1 rings (SSSR count). The zero-order chi connectivity index (χ0) is 11.1. The van der Waals surface area contributed by atoms with Gasteiger partial charge in [-0.25, -0.2) is 4.79 Å². The minimum atomic E-state index is -1.21. The predicted molar refractivity (Wildman–Crippen MR) is 49.1 cm³/mol. The van der Waals surface area contributed by atoms with Crippen LogP contribution in [-0.2, 0) is 9.53 Å². The van der Waals surface area contributed by atoms with Crippen LogP contribution in [0.15, 0.2) is 0 Å². The highest BCUT2D eigenvalue weighted by Gasteiger charge is 2.51. The molecule has 0 spiro atoms. The normalized spacial score (nSPS) is 30.4. The molecule has 14 heavy (non-hydrogen) atoms. The molecule has 2 atom stereocenters. The third kappa shape index (κ3) is 1.69. The molecule has 0 aromatic carbocycles. The molecule has 1 amide bonds. The van der Waals surface area contributed by atoms with Crippen LogP contribution in [0, 0.1) is 0 Å². The third-order valence-electron chi connectivity index (χ3n) is 2.22. The number of carbonyl (C=O) groups is 2. The summed E-state index contributed by atoms with van der Waals surface area (Å²) in [5, 5.41) is 8.20. The summed E-state index contributed by atoms with van der Waals surface area (Å²) in [7, 11) is 0. The van der Waals surface area contributed by atoms with E-state index in [-0.39, 0.29) is 0 Å². The number of hydrogen-bond donors (Lipinski definition) is 1. The van der Waals surface area contributed by atoms with Crippen molar-refractivity contribution in [2.24, 2.45) is 0 Å². The lowest BCUT2D eigenvalue weighted by Gasteiger charge is -2.29. The molecule has 80 valence electrons. The van der Waals surface area contributed by atoms with Crippen LogP contribution in [0.3, 0.4) is 0 Å². The van der Waals surface area contributed by atoms with Gasteiger partial charge in [0.05, 0.1) is 6.10 Å². The second-order valence-corrected chi connectivity index (χ2v) is 4.04. The second-order valence-electron chi connectivity index (χ2n) is 3.67. The first kappa shape index (κ1) is 11.3. The van der Waals surface area contributed by atoms with E-state index in [4.69, 9.17) is 21.4 Å². The van der Waals surface area contributed by atoms with Crippen molar-refractivity contribution in [1.82, 2.24) is 4.90 Å². The number of rotatable bonds is 1. The van der Waals surface area contributed by atoms with Crippen molar-refractivity contribution < 1.29 is 19.4 Å². The van der Waals surface area contributed by atoms with E-state index in [1.54, 1.807) is 20.8 Å². The first-order valence-corrected chi connectivity index (χ1v) is 4.54. The van der Waals surface area contributed by atoms with Gasteiger partial charge >= 0.3 is 6.09 Å². The Morgan fingerprint density at radius 3 is 2.29 bits per heavy atom. The summed E-state index contributed by atoms with van der Waals surface area (Å²) < 4.78 is 5.34. The number of hydrogen-bond acceptors (Lipinski definition) is 3. The van der Waals surface area contributed by atoms with Gasteiger partial charge in [0.1, 0.15) is 11.8 Å². The van der Waals surface area contributed by atoms with Crippen LogP contribution in [0.4, 0.5) is 4.79 Å². The van der Waals surface area contributed by atoms with E-state index in [1.807, 2.05) is 0 Å². The highest BCUT2D eigenvalue weighted by atomic mass is 35.5. The Morgan fingerprint density at radius 1 is 1.50 bits per heavy atom. The van der Waals surface area contributed by atoms with Crippen LogP contribution in [-0.4, -0.2) is 39.2 Å². The fraction of sp³-hybridized carbons (Fsp3) is 0.750. The zero-order valence-electron chi connectivity index (χ0n) is 8.15. The molecule has 5 nitrogen and oxygen atoms in total. The molecule has 1 fully saturated rings. The summed E-state index contributed by atoms with van der Waals surface area (Å²) >= 11 is 5.32. The SMILES string of the molecule is CC1OC(C)(C)N(C(=O)O)C1C(=O)Cl. The lowest BCUT2D eigenvalue weighted by molar-refractivity contribution is -0.116. The highest BCUT2D eigenvalue weighted by molar-refractivity contribution is 6.65. The topological polar surface area (TPSA) is 66.8 Å². The van der Waals surface area contributed by atoms with Crippen LogP contribution in [0.25, 0.3) is 0 Å². The van der Waals surface area contributed by atoms with E-state index < -0.39 is 29.2 Å². The Hall–Kier alpha value is -0.810. The number of ether oxygens (including phenoxy) is 1. The van der Waals surface area contributed by atoms with Crippen molar-refractivity contribution >= 4 is 22.9 Å². The molecule has 1 aliphatic heterocycles. The molecule has 6 heteroatoms. The van der Waals surface area contributed by atoms with Crippen LogP contribution in [0.5, 0.6) is 0 Å². The summed E-state index contributed by atoms with van der Waals surface area (Å²) in [5.74, 6) is 0. The fourth-order valence-corrected chi connectivity index (χ4v) is 2.03. The van der Waals surface area contributed by atoms with E-state index in [0.717, 1.165) is 4.90 Å². The van der Waals surface area contributed by atoms with Crippen molar-refractivity contribution in [1.29, 1.82) is 0 Å². The monoisotopic (exact) mass is 221 g/mol. The molecule has 0 bridgehead atoms. The van der Waals surface area contributed by atoms with E-state index in [0.29, 0.717) is 0 Å². The number of amides is 1. The minimum Gasteiger partial charge on any atom is -0.465 e. The first-order chi connectivity index (χ1) is 6.27. The molecule has 2 unspecified atom stereocenters. The lowest BCUT2D eigenvalue weighted by atomic mass is 10.2. The largest absolute Gasteiger partial charge is 0.465 e. The van der Waals surface area contributed by atoms with E-state index in [9.17, 15) is 9.59 Å². The first-order valence-electron chi connectivity index (χ1n) is 4.17. The average molecular weight is 222 g/mol. The number of carbonyl (C=O) groups excluding carboxylic acids is 1.